The lowest BCUT2D eigenvalue weighted by atomic mass is 10.1. The molecule has 3 rings (SSSR count). The molecule has 0 spiro atoms. The fraction of sp³-hybridized carbons (Fsp3) is 0.240. The zero-order valence-electron chi connectivity index (χ0n) is 19.3. The largest absolute Gasteiger partial charge is 0.495 e. The Morgan fingerprint density at radius 2 is 1.91 bits per heavy atom. The highest BCUT2D eigenvalue weighted by Crippen LogP contribution is 2.26. The summed E-state index contributed by atoms with van der Waals surface area (Å²) in [6.45, 7) is 4.39. The number of hydrogen-bond acceptors (Lipinski definition) is 4. The summed E-state index contributed by atoms with van der Waals surface area (Å²) in [5.41, 5.74) is 4.43. The molecule has 7 nitrogen and oxygen atoms in total. The summed E-state index contributed by atoms with van der Waals surface area (Å²) in [4.78, 5) is 26.4. The van der Waals surface area contributed by atoms with Gasteiger partial charge in [0.2, 0.25) is 5.91 Å². The molecular formula is C25H27ClN4O3. The van der Waals surface area contributed by atoms with E-state index in [0.29, 0.717) is 28.6 Å². The Morgan fingerprint density at radius 1 is 1.18 bits per heavy atom. The standard InChI is InChI=1S/C25H27ClN4O3/c1-16-20(17(2)30(28-16)15-19-8-6-7-9-21(19)26)11-13-24(31)27-22-14-18(25(32)29(3)4)10-12-23(22)33-5/h6-14H,15H2,1-5H3,(H,27,31)/b13-11+. The molecule has 0 aliphatic carbocycles. The Kier molecular flexibility index (Phi) is 7.55. The van der Waals surface area contributed by atoms with Gasteiger partial charge in [-0.2, -0.15) is 5.10 Å². The summed E-state index contributed by atoms with van der Waals surface area (Å²) < 4.78 is 7.19. The van der Waals surface area contributed by atoms with Crippen molar-refractivity contribution in [1.29, 1.82) is 0 Å². The number of carbonyl (C=O) groups is 2. The molecule has 0 fully saturated rings. The van der Waals surface area contributed by atoms with Crippen LogP contribution in [-0.2, 0) is 11.3 Å². The molecular weight excluding hydrogens is 440 g/mol. The maximum Gasteiger partial charge on any atom is 0.253 e. The lowest BCUT2D eigenvalue weighted by molar-refractivity contribution is -0.111. The zero-order chi connectivity index (χ0) is 24.1. The Morgan fingerprint density at radius 3 is 2.58 bits per heavy atom. The van der Waals surface area contributed by atoms with Crippen LogP contribution in [0.3, 0.4) is 0 Å². The van der Waals surface area contributed by atoms with Gasteiger partial charge in [-0.3, -0.25) is 14.3 Å². The smallest absolute Gasteiger partial charge is 0.253 e. The third-order valence-electron chi connectivity index (χ3n) is 5.23. The van der Waals surface area contributed by atoms with Gasteiger partial charge in [0, 0.05) is 42.0 Å². The first kappa shape index (κ1) is 24.1. The summed E-state index contributed by atoms with van der Waals surface area (Å²) in [7, 11) is 4.85. The molecule has 0 aliphatic rings. The number of carbonyl (C=O) groups excluding carboxylic acids is 2. The SMILES string of the molecule is COc1ccc(C(=O)N(C)C)cc1NC(=O)/C=C/c1c(C)nn(Cc2ccccc2Cl)c1C. The van der Waals surface area contributed by atoms with Gasteiger partial charge >= 0.3 is 0 Å². The van der Waals surface area contributed by atoms with Gasteiger partial charge in [-0.15, -0.1) is 0 Å². The molecule has 8 heteroatoms. The number of benzene rings is 2. The number of aryl methyl sites for hydroxylation is 1. The van der Waals surface area contributed by atoms with Crippen LogP contribution in [0, 0.1) is 13.8 Å². The van der Waals surface area contributed by atoms with Crippen molar-refractivity contribution in [1.82, 2.24) is 14.7 Å². The number of methoxy groups -OCH3 is 1. The van der Waals surface area contributed by atoms with Crippen LogP contribution >= 0.6 is 11.6 Å². The second kappa shape index (κ2) is 10.4. The molecule has 0 saturated carbocycles. The lowest BCUT2D eigenvalue weighted by Crippen LogP contribution is -2.22. The molecule has 1 N–H and O–H groups in total. The number of anilines is 1. The molecule has 0 bridgehead atoms. The quantitative estimate of drug-likeness (QED) is 0.518. The predicted molar refractivity (Wildman–Crippen MR) is 131 cm³/mol. The summed E-state index contributed by atoms with van der Waals surface area (Å²) in [5.74, 6) is -0.0479. The molecule has 1 heterocycles. The van der Waals surface area contributed by atoms with Gasteiger partial charge in [-0.05, 0) is 49.8 Å². The van der Waals surface area contributed by atoms with Gasteiger partial charge in [0.25, 0.3) is 5.91 Å². The Labute approximate surface area is 198 Å². The molecule has 1 aromatic heterocycles. The number of rotatable bonds is 7. The van der Waals surface area contributed by atoms with Gasteiger partial charge in [0.1, 0.15) is 5.75 Å². The average molecular weight is 467 g/mol. The van der Waals surface area contributed by atoms with E-state index >= 15 is 0 Å². The number of hydrogen-bond donors (Lipinski definition) is 1. The second-order valence-corrected chi connectivity index (χ2v) is 8.18. The van der Waals surface area contributed by atoms with Crippen LogP contribution in [0.25, 0.3) is 6.08 Å². The first-order valence-corrected chi connectivity index (χ1v) is 10.7. The van der Waals surface area contributed by atoms with Crippen molar-refractivity contribution in [2.24, 2.45) is 0 Å². The molecule has 33 heavy (non-hydrogen) atoms. The van der Waals surface area contributed by atoms with Crippen molar-refractivity contribution in [3.8, 4) is 5.75 Å². The normalized spacial score (nSPS) is 11.0. The van der Waals surface area contributed by atoms with E-state index in [1.54, 1.807) is 38.4 Å². The predicted octanol–water partition coefficient (Wildman–Crippen LogP) is 4.56. The minimum atomic E-state index is -0.347. The van der Waals surface area contributed by atoms with Crippen molar-refractivity contribution >= 4 is 35.2 Å². The fourth-order valence-electron chi connectivity index (χ4n) is 3.42. The highest BCUT2D eigenvalue weighted by Gasteiger charge is 2.14. The Bertz CT molecular complexity index is 1210. The minimum absolute atomic E-state index is 0.166. The third-order valence-corrected chi connectivity index (χ3v) is 5.60. The number of ether oxygens (including phenoxy) is 1. The third kappa shape index (κ3) is 5.62. The van der Waals surface area contributed by atoms with Crippen molar-refractivity contribution in [3.63, 3.8) is 0 Å². The number of aromatic nitrogens is 2. The fourth-order valence-corrected chi connectivity index (χ4v) is 3.62. The van der Waals surface area contributed by atoms with Crippen molar-refractivity contribution in [3.05, 3.63) is 81.6 Å². The van der Waals surface area contributed by atoms with Crippen molar-refractivity contribution in [2.45, 2.75) is 20.4 Å². The van der Waals surface area contributed by atoms with E-state index in [9.17, 15) is 9.59 Å². The molecule has 2 aromatic carbocycles. The maximum atomic E-state index is 12.6. The van der Waals surface area contributed by atoms with E-state index in [4.69, 9.17) is 16.3 Å². The van der Waals surface area contributed by atoms with Crippen LogP contribution < -0.4 is 10.1 Å². The maximum absolute atomic E-state index is 12.6. The highest BCUT2D eigenvalue weighted by molar-refractivity contribution is 6.31. The summed E-state index contributed by atoms with van der Waals surface area (Å²) >= 11 is 6.28. The van der Waals surface area contributed by atoms with Gasteiger partial charge in [-0.1, -0.05) is 29.8 Å². The summed E-state index contributed by atoms with van der Waals surface area (Å²) in [6.07, 6.45) is 3.17. The molecule has 0 atom stereocenters. The number of amides is 2. The van der Waals surface area contributed by atoms with Crippen LogP contribution in [0.1, 0.15) is 32.9 Å². The molecule has 0 aliphatic heterocycles. The van der Waals surface area contributed by atoms with Gasteiger partial charge < -0.3 is 15.0 Å². The molecule has 0 saturated heterocycles. The van der Waals surface area contributed by atoms with E-state index in [0.717, 1.165) is 22.5 Å². The molecule has 0 unspecified atom stereocenters. The van der Waals surface area contributed by atoms with Gasteiger partial charge in [-0.25, -0.2) is 0 Å². The van der Waals surface area contributed by atoms with Crippen LogP contribution in [0.4, 0.5) is 5.69 Å². The lowest BCUT2D eigenvalue weighted by Gasteiger charge is -2.14. The van der Waals surface area contributed by atoms with Crippen LogP contribution in [0.5, 0.6) is 5.75 Å². The second-order valence-electron chi connectivity index (χ2n) is 7.77. The van der Waals surface area contributed by atoms with E-state index in [2.05, 4.69) is 10.4 Å². The van der Waals surface area contributed by atoms with E-state index in [1.165, 1.54) is 18.1 Å². The molecule has 172 valence electrons. The zero-order valence-corrected chi connectivity index (χ0v) is 20.1. The highest BCUT2D eigenvalue weighted by atomic mass is 35.5. The van der Waals surface area contributed by atoms with Gasteiger partial charge in [0.15, 0.2) is 0 Å². The van der Waals surface area contributed by atoms with E-state index < -0.39 is 0 Å². The first-order chi connectivity index (χ1) is 15.7. The molecule has 0 radical (unpaired) electrons. The summed E-state index contributed by atoms with van der Waals surface area (Å²) in [6, 6.07) is 12.6. The number of halogens is 1. The number of nitrogens with zero attached hydrogens (tertiary/aromatic N) is 3. The van der Waals surface area contributed by atoms with Crippen LogP contribution in [0.2, 0.25) is 5.02 Å². The topological polar surface area (TPSA) is 76.5 Å². The van der Waals surface area contributed by atoms with Gasteiger partial charge in [0.05, 0.1) is 25.0 Å². The van der Waals surface area contributed by atoms with E-state index in [-0.39, 0.29) is 11.8 Å². The minimum Gasteiger partial charge on any atom is -0.495 e. The average Bonchev–Trinajstić information content (AvgIpc) is 3.05. The molecule has 3 aromatic rings. The summed E-state index contributed by atoms with van der Waals surface area (Å²) in [5, 5.41) is 8.07. The Hall–Kier alpha value is -3.58. The Balaban J connectivity index is 1.79. The van der Waals surface area contributed by atoms with Crippen molar-refractivity contribution in [2.75, 3.05) is 26.5 Å². The first-order valence-electron chi connectivity index (χ1n) is 10.4. The monoisotopic (exact) mass is 466 g/mol. The van der Waals surface area contributed by atoms with E-state index in [1.807, 2.05) is 42.8 Å². The van der Waals surface area contributed by atoms with Crippen LogP contribution in [-0.4, -0.2) is 47.7 Å². The molecule has 2 amide bonds. The number of nitrogens with one attached hydrogen (secondary N) is 1. The van der Waals surface area contributed by atoms with Crippen LogP contribution in [0.15, 0.2) is 48.5 Å². The van der Waals surface area contributed by atoms with Crippen molar-refractivity contribution < 1.29 is 14.3 Å².